The normalized spacial score (nSPS) is 13.7. The monoisotopic (exact) mass is 324 g/mol. The minimum absolute atomic E-state index is 0.0325. The Morgan fingerprint density at radius 2 is 1.96 bits per heavy atom. The number of imidazole rings is 1. The average molecular weight is 324 g/mol. The molecule has 3 aromatic rings. The molecule has 2 heterocycles. The van der Waals surface area contributed by atoms with Gasteiger partial charge < -0.3 is 9.67 Å². The summed E-state index contributed by atoms with van der Waals surface area (Å²) in [6, 6.07) is 7.08. The third kappa shape index (κ3) is 2.70. The van der Waals surface area contributed by atoms with Crippen LogP contribution in [0.1, 0.15) is 30.1 Å². The molecule has 0 spiro atoms. The molecule has 0 saturated carbocycles. The summed E-state index contributed by atoms with van der Waals surface area (Å²) in [6.07, 6.45) is -4.20. The van der Waals surface area contributed by atoms with Crippen LogP contribution in [0.15, 0.2) is 30.5 Å². The van der Waals surface area contributed by atoms with E-state index in [4.69, 9.17) is 0 Å². The number of alkyl halides is 3. The number of nitrogens with zero attached hydrogens (tertiary/aromatic N) is 4. The van der Waals surface area contributed by atoms with Crippen molar-refractivity contribution in [2.24, 2.45) is 7.05 Å². The van der Waals surface area contributed by atoms with Crippen LogP contribution in [0.5, 0.6) is 0 Å². The van der Waals surface area contributed by atoms with E-state index in [2.05, 4.69) is 10.1 Å². The number of fused-ring (bicyclic) bond motifs is 1. The summed E-state index contributed by atoms with van der Waals surface area (Å²) in [5.74, 6) is 0.322. The molecule has 8 heteroatoms. The van der Waals surface area contributed by atoms with Crippen molar-refractivity contribution in [1.82, 2.24) is 19.3 Å². The molecule has 0 unspecified atom stereocenters. The molecule has 0 saturated heterocycles. The van der Waals surface area contributed by atoms with Crippen molar-refractivity contribution in [3.8, 4) is 0 Å². The van der Waals surface area contributed by atoms with Gasteiger partial charge in [0.25, 0.3) is 0 Å². The number of benzene rings is 1. The molecule has 5 nitrogen and oxygen atoms in total. The van der Waals surface area contributed by atoms with Gasteiger partial charge >= 0.3 is 6.18 Å². The number of aromatic nitrogens is 4. The maximum absolute atomic E-state index is 13.2. The molecule has 3 rings (SSSR count). The Kier molecular flexibility index (Phi) is 3.63. The number of aryl methyl sites for hydroxylation is 1. The summed E-state index contributed by atoms with van der Waals surface area (Å²) < 4.78 is 42.0. The van der Waals surface area contributed by atoms with E-state index in [9.17, 15) is 18.3 Å². The Morgan fingerprint density at radius 1 is 1.26 bits per heavy atom. The lowest BCUT2D eigenvalue weighted by molar-refractivity contribution is -0.144. The maximum atomic E-state index is 13.2. The molecule has 0 radical (unpaired) electrons. The summed E-state index contributed by atoms with van der Waals surface area (Å²) >= 11 is 0. The predicted octanol–water partition coefficient (Wildman–Crippen LogP) is 2.89. The number of aliphatic hydroxyl groups excluding tert-OH is 1. The van der Waals surface area contributed by atoms with Crippen LogP contribution < -0.4 is 0 Å². The Hall–Kier alpha value is -2.35. The first-order valence-corrected chi connectivity index (χ1v) is 7.00. The second kappa shape index (κ2) is 5.38. The van der Waals surface area contributed by atoms with Crippen molar-refractivity contribution in [2.45, 2.75) is 25.7 Å². The standard InChI is InChI=1S/C15H15F3N4O/c1-9(23)14-20-11-5-3-4-6-12(11)22(14)8-10-7-19-21(2)13(10)15(16,17)18/h3-7,9,23H,8H2,1-2H3/t9-/m1/s1. The molecular formula is C15H15F3N4O. The number of rotatable bonds is 3. The second-order valence-electron chi connectivity index (χ2n) is 5.36. The fraction of sp³-hybridized carbons (Fsp3) is 0.333. The van der Waals surface area contributed by atoms with E-state index in [0.29, 0.717) is 16.9 Å². The van der Waals surface area contributed by atoms with Gasteiger partial charge in [-0.3, -0.25) is 4.68 Å². The van der Waals surface area contributed by atoms with Gasteiger partial charge in [0.2, 0.25) is 0 Å². The van der Waals surface area contributed by atoms with Gasteiger partial charge in [-0.05, 0) is 19.1 Å². The third-order valence-corrected chi connectivity index (χ3v) is 3.67. The van der Waals surface area contributed by atoms with Crippen molar-refractivity contribution in [2.75, 3.05) is 0 Å². The summed E-state index contributed by atoms with van der Waals surface area (Å²) in [7, 11) is 1.26. The highest BCUT2D eigenvalue weighted by atomic mass is 19.4. The number of halogens is 3. The van der Waals surface area contributed by atoms with Crippen LogP contribution in [0.4, 0.5) is 13.2 Å². The van der Waals surface area contributed by atoms with Gasteiger partial charge in [0.05, 0.1) is 23.8 Å². The molecule has 23 heavy (non-hydrogen) atoms. The van der Waals surface area contributed by atoms with Crippen LogP contribution in [-0.2, 0) is 19.8 Å². The van der Waals surface area contributed by atoms with E-state index in [-0.39, 0.29) is 12.1 Å². The van der Waals surface area contributed by atoms with E-state index in [0.717, 1.165) is 4.68 Å². The fourth-order valence-corrected chi connectivity index (χ4v) is 2.71. The van der Waals surface area contributed by atoms with Gasteiger partial charge in [0.15, 0.2) is 0 Å². The van der Waals surface area contributed by atoms with Crippen LogP contribution >= 0.6 is 0 Å². The van der Waals surface area contributed by atoms with Gasteiger partial charge in [-0.25, -0.2) is 4.98 Å². The van der Waals surface area contributed by atoms with Crippen LogP contribution in [-0.4, -0.2) is 24.4 Å². The van der Waals surface area contributed by atoms with Crippen LogP contribution in [0.2, 0.25) is 0 Å². The van der Waals surface area contributed by atoms with Gasteiger partial charge in [0.1, 0.15) is 17.6 Å². The zero-order valence-electron chi connectivity index (χ0n) is 12.5. The smallest absolute Gasteiger partial charge is 0.385 e. The topological polar surface area (TPSA) is 55.9 Å². The van der Waals surface area contributed by atoms with E-state index in [1.807, 2.05) is 0 Å². The molecule has 0 fully saturated rings. The Bertz CT molecular complexity index is 848. The minimum atomic E-state index is -4.50. The summed E-state index contributed by atoms with van der Waals surface area (Å²) in [6.45, 7) is 1.47. The summed E-state index contributed by atoms with van der Waals surface area (Å²) in [5, 5.41) is 13.6. The first kappa shape index (κ1) is 15.5. The molecule has 1 aromatic carbocycles. The molecule has 0 aliphatic rings. The second-order valence-corrected chi connectivity index (χ2v) is 5.36. The molecule has 2 aromatic heterocycles. The zero-order valence-corrected chi connectivity index (χ0v) is 12.5. The maximum Gasteiger partial charge on any atom is 0.433 e. The molecule has 122 valence electrons. The SMILES string of the molecule is C[C@@H](O)c1nc2ccccc2n1Cc1cnn(C)c1C(F)(F)F. The Morgan fingerprint density at radius 3 is 2.61 bits per heavy atom. The van der Waals surface area contributed by atoms with Gasteiger partial charge in [-0.2, -0.15) is 18.3 Å². The van der Waals surface area contributed by atoms with E-state index in [1.165, 1.54) is 20.2 Å². The summed E-state index contributed by atoms with van der Waals surface area (Å²) in [4.78, 5) is 4.31. The van der Waals surface area contributed by atoms with Gasteiger partial charge in [-0.1, -0.05) is 12.1 Å². The van der Waals surface area contributed by atoms with Crippen LogP contribution in [0, 0.1) is 0 Å². The molecule has 0 amide bonds. The molecule has 1 atom stereocenters. The van der Waals surface area contributed by atoms with Gasteiger partial charge in [-0.15, -0.1) is 0 Å². The zero-order chi connectivity index (χ0) is 16.8. The molecule has 0 bridgehead atoms. The lowest BCUT2D eigenvalue weighted by Crippen LogP contribution is -2.16. The Labute approximate surface area is 130 Å². The predicted molar refractivity (Wildman–Crippen MR) is 77.7 cm³/mol. The van der Waals surface area contributed by atoms with Crippen molar-refractivity contribution in [1.29, 1.82) is 0 Å². The van der Waals surface area contributed by atoms with Crippen molar-refractivity contribution in [3.63, 3.8) is 0 Å². The molecule has 0 aliphatic carbocycles. The highest BCUT2D eigenvalue weighted by Gasteiger charge is 2.37. The molecule has 0 aliphatic heterocycles. The number of hydrogen-bond donors (Lipinski definition) is 1. The number of aliphatic hydroxyl groups is 1. The first-order valence-electron chi connectivity index (χ1n) is 7.00. The fourth-order valence-electron chi connectivity index (χ4n) is 2.71. The first-order chi connectivity index (χ1) is 10.8. The average Bonchev–Trinajstić information content (AvgIpc) is 3.00. The largest absolute Gasteiger partial charge is 0.433 e. The van der Waals surface area contributed by atoms with Crippen LogP contribution in [0.3, 0.4) is 0 Å². The highest BCUT2D eigenvalue weighted by molar-refractivity contribution is 5.76. The van der Waals surface area contributed by atoms with E-state index in [1.54, 1.807) is 28.8 Å². The highest BCUT2D eigenvalue weighted by Crippen LogP contribution is 2.33. The minimum Gasteiger partial charge on any atom is -0.385 e. The molecular weight excluding hydrogens is 309 g/mol. The Balaban J connectivity index is 2.14. The number of hydrogen-bond acceptors (Lipinski definition) is 3. The molecule has 1 N–H and O–H groups in total. The lowest BCUT2D eigenvalue weighted by atomic mass is 10.2. The lowest BCUT2D eigenvalue weighted by Gasteiger charge is -2.13. The van der Waals surface area contributed by atoms with Crippen LogP contribution in [0.25, 0.3) is 11.0 Å². The van der Waals surface area contributed by atoms with E-state index < -0.39 is 18.0 Å². The summed E-state index contributed by atoms with van der Waals surface area (Å²) in [5.41, 5.74) is 0.526. The van der Waals surface area contributed by atoms with Crippen molar-refractivity contribution in [3.05, 3.63) is 47.5 Å². The van der Waals surface area contributed by atoms with Crippen molar-refractivity contribution < 1.29 is 18.3 Å². The van der Waals surface area contributed by atoms with Crippen molar-refractivity contribution >= 4 is 11.0 Å². The quantitative estimate of drug-likeness (QED) is 0.806. The third-order valence-electron chi connectivity index (χ3n) is 3.67. The van der Waals surface area contributed by atoms with E-state index >= 15 is 0 Å². The van der Waals surface area contributed by atoms with Gasteiger partial charge in [0, 0.05) is 12.6 Å². The number of para-hydroxylation sites is 2.